The summed E-state index contributed by atoms with van der Waals surface area (Å²) in [5, 5.41) is 2.87. The fourth-order valence-electron chi connectivity index (χ4n) is 2.57. The predicted octanol–water partition coefficient (Wildman–Crippen LogP) is 1.84. The molecule has 25 heavy (non-hydrogen) atoms. The average molecular weight is 347 g/mol. The third-order valence-electron chi connectivity index (χ3n) is 4.24. The Morgan fingerprint density at radius 1 is 1.32 bits per heavy atom. The van der Waals surface area contributed by atoms with Gasteiger partial charge in [0.1, 0.15) is 18.5 Å². The summed E-state index contributed by atoms with van der Waals surface area (Å²) in [5.74, 6) is 0.484. The van der Waals surface area contributed by atoms with E-state index in [1.807, 2.05) is 24.3 Å². The third kappa shape index (κ3) is 6.49. The first-order chi connectivity index (χ1) is 12.1. The quantitative estimate of drug-likeness (QED) is 0.691. The van der Waals surface area contributed by atoms with Crippen LogP contribution in [0.15, 0.2) is 36.9 Å². The lowest BCUT2D eigenvalue weighted by Gasteiger charge is -2.32. The molecule has 0 radical (unpaired) electrons. The molecule has 1 N–H and O–H groups in total. The standard InChI is InChI=1S/C19H29N3O3/c1-4-14-24-16(2)19(23)20-17-7-5-6-8-18(17)25-15-13-22-11-9-21(3)10-12-22/h4-8,16H,1,9-15H2,2-3H3,(H,20,23)/t16-/m0/s1. The van der Waals surface area contributed by atoms with Crippen LogP contribution in [0.4, 0.5) is 5.69 Å². The van der Waals surface area contributed by atoms with Gasteiger partial charge in [0.15, 0.2) is 0 Å². The molecule has 1 aliphatic rings. The zero-order valence-electron chi connectivity index (χ0n) is 15.2. The highest BCUT2D eigenvalue weighted by Crippen LogP contribution is 2.24. The van der Waals surface area contributed by atoms with Crippen LogP contribution in [0.25, 0.3) is 0 Å². The maximum Gasteiger partial charge on any atom is 0.253 e. The van der Waals surface area contributed by atoms with Crippen LogP contribution in [0.2, 0.25) is 0 Å². The molecule has 1 aliphatic heterocycles. The summed E-state index contributed by atoms with van der Waals surface area (Å²) in [6, 6.07) is 7.48. The average Bonchev–Trinajstić information content (AvgIpc) is 2.62. The topological polar surface area (TPSA) is 54.0 Å². The van der Waals surface area contributed by atoms with Crippen molar-refractivity contribution in [1.29, 1.82) is 0 Å². The normalized spacial score (nSPS) is 17.0. The summed E-state index contributed by atoms with van der Waals surface area (Å²) >= 11 is 0. The number of carbonyl (C=O) groups excluding carboxylic acids is 1. The van der Waals surface area contributed by atoms with Gasteiger partial charge in [0, 0.05) is 32.7 Å². The number of para-hydroxylation sites is 2. The van der Waals surface area contributed by atoms with Crippen molar-refractivity contribution in [1.82, 2.24) is 9.80 Å². The smallest absolute Gasteiger partial charge is 0.253 e. The molecule has 1 aromatic rings. The Balaban J connectivity index is 1.83. The number of nitrogens with zero attached hydrogens (tertiary/aromatic N) is 2. The van der Waals surface area contributed by atoms with E-state index in [0.717, 1.165) is 32.7 Å². The molecule has 6 nitrogen and oxygen atoms in total. The van der Waals surface area contributed by atoms with Crippen LogP contribution in [0.3, 0.4) is 0 Å². The molecule has 1 heterocycles. The van der Waals surface area contributed by atoms with Crippen molar-refractivity contribution in [3.05, 3.63) is 36.9 Å². The molecule has 0 unspecified atom stereocenters. The minimum atomic E-state index is -0.545. The summed E-state index contributed by atoms with van der Waals surface area (Å²) in [7, 11) is 2.15. The lowest BCUT2D eigenvalue weighted by Crippen LogP contribution is -2.45. The molecule has 1 amide bonds. The van der Waals surface area contributed by atoms with Crippen molar-refractivity contribution in [2.75, 3.05) is 58.3 Å². The predicted molar refractivity (Wildman–Crippen MR) is 100 cm³/mol. The van der Waals surface area contributed by atoms with Gasteiger partial charge >= 0.3 is 0 Å². The molecule has 6 heteroatoms. The number of benzene rings is 1. The first-order valence-electron chi connectivity index (χ1n) is 8.76. The number of nitrogens with one attached hydrogen (secondary N) is 1. The van der Waals surface area contributed by atoms with Crippen LogP contribution in [-0.4, -0.2) is 74.8 Å². The van der Waals surface area contributed by atoms with Crippen LogP contribution in [0.5, 0.6) is 5.75 Å². The van der Waals surface area contributed by atoms with Crippen molar-refractivity contribution in [2.45, 2.75) is 13.0 Å². The Kier molecular flexibility index (Phi) is 7.91. The van der Waals surface area contributed by atoms with Crippen LogP contribution in [0.1, 0.15) is 6.92 Å². The van der Waals surface area contributed by atoms with Crippen molar-refractivity contribution in [3.8, 4) is 5.75 Å². The van der Waals surface area contributed by atoms with Gasteiger partial charge in [0.05, 0.1) is 12.3 Å². The second-order valence-electron chi connectivity index (χ2n) is 6.24. The van der Waals surface area contributed by atoms with E-state index < -0.39 is 6.10 Å². The van der Waals surface area contributed by atoms with Gasteiger partial charge in [0.25, 0.3) is 5.91 Å². The van der Waals surface area contributed by atoms with Crippen molar-refractivity contribution < 1.29 is 14.3 Å². The number of carbonyl (C=O) groups is 1. The molecule has 0 bridgehead atoms. The number of piperazine rings is 1. The molecule has 1 saturated heterocycles. The molecule has 0 spiro atoms. The molecular weight excluding hydrogens is 318 g/mol. The van der Waals surface area contributed by atoms with Crippen LogP contribution in [-0.2, 0) is 9.53 Å². The molecule has 0 aliphatic carbocycles. The minimum absolute atomic E-state index is 0.197. The summed E-state index contributed by atoms with van der Waals surface area (Å²) in [6.07, 6.45) is 1.08. The van der Waals surface area contributed by atoms with E-state index in [0.29, 0.717) is 24.7 Å². The summed E-state index contributed by atoms with van der Waals surface area (Å²) in [5.41, 5.74) is 0.667. The highest BCUT2D eigenvalue weighted by Gasteiger charge is 2.16. The molecule has 1 fully saturated rings. The molecule has 0 aromatic heterocycles. The number of anilines is 1. The van der Waals surface area contributed by atoms with Crippen molar-refractivity contribution >= 4 is 11.6 Å². The number of hydrogen-bond acceptors (Lipinski definition) is 5. The van der Waals surface area contributed by atoms with Crippen LogP contribution >= 0.6 is 0 Å². The fourth-order valence-corrected chi connectivity index (χ4v) is 2.57. The second kappa shape index (κ2) is 10.2. The Bertz CT molecular complexity index is 557. The minimum Gasteiger partial charge on any atom is -0.490 e. The monoisotopic (exact) mass is 347 g/mol. The SMILES string of the molecule is C=CCO[C@@H](C)C(=O)Nc1ccccc1OCCN1CCN(C)CC1. The molecule has 138 valence electrons. The Hall–Kier alpha value is -1.89. The number of amides is 1. The van der Waals surface area contributed by atoms with Crippen LogP contribution < -0.4 is 10.1 Å². The number of hydrogen-bond donors (Lipinski definition) is 1. The van der Waals surface area contributed by atoms with E-state index in [2.05, 4.69) is 28.7 Å². The Morgan fingerprint density at radius 2 is 2.04 bits per heavy atom. The van der Waals surface area contributed by atoms with E-state index >= 15 is 0 Å². The van der Waals surface area contributed by atoms with E-state index in [4.69, 9.17) is 9.47 Å². The van der Waals surface area contributed by atoms with Gasteiger partial charge in [0.2, 0.25) is 0 Å². The lowest BCUT2D eigenvalue weighted by atomic mass is 10.2. The summed E-state index contributed by atoms with van der Waals surface area (Å²) in [6.45, 7) is 11.4. The van der Waals surface area contributed by atoms with Crippen molar-refractivity contribution in [3.63, 3.8) is 0 Å². The maximum absolute atomic E-state index is 12.2. The van der Waals surface area contributed by atoms with E-state index in [9.17, 15) is 4.79 Å². The van der Waals surface area contributed by atoms with E-state index in [1.165, 1.54) is 0 Å². The summed E-state index contributed by atoms with van der Waals surface area (Å²) in [4.78, 5) is 16.9. The van der Waals surface area contributed by atoms with Crippen molar-refractivity contribution in [2.24, 2.45) is 0 Å². The summed E-state index contributed by atoms with van der Waals surface area (Å²) < 4.78 is 11.3. The van der Waals surface area contributed by atoms with Gasteiger partial charge in [-0.05, 0) is 26.1 Å². The first kappa shape index (κ1) is 19.4. The molecule has 1 atom stereocenters. The van der Waals surface area contributed by atoms with E-state index in [-0.39, 0.29) is 5.91 Å². The molecule has 1 aromatic carbocycles. The lowest BCUT2D eigenvalue weighted by molar-refractivity contribution is -0.125. The molecular formula is C19H29N3O3. The largest absolute Gasteiger partial charge is 0.490 e. The number of rotatable bonds is 9. The first-order valence-corrected chi connectivity index (χ1v) is 8.76. The molecule has 0 saturated carbocycles. The Labute approximate surface area is 150 Å². The third-order valence-corrected chi connectivity index (χ3v) is 4.24. The number of ether oxygens (including phenoxy) is 2. The van der Waals surface area contributed by atoms with Gasteiger partial charge in [-0.2, -0.15) is 0 Å². The highest BCUT2D eigenvalue weighted by atomic mass is 16.5. The molecule has 2 rings (SSSR count). The number of likely N-dealkylation sites (N-methyl/N-ethyl adjacent to an activating group) is 1. The maximum atomic E-state index is 12.2. The van der Waals surface area contributed by atoms with Crippen LogP contribution in [0, 0.1) is 0 Å². The van der Waals surface area contributed by atoms with Gasteiger partial charge in [-0.3, -0.25) is 9.69 Å². The zero-order valence-corrected chi connectivity index (χ0v) is 15.2. The fraction of sp³-hybridized carbons (Fsp3) is 0.526. The van der Waals surface area contributed by atoms with Gasteiger partial charge in [-0.15, -0.1) is 6.58 Å². The Morgan fingerprint density at radius 3 is 2.76 bits per heavy atom. The zero-order chi connectivity index (χ0) is 18.1. The van der Waals surface area contributed by atoms with Gasteiger partial charge in [-0.25, -0.2) is 0 Å². The second-order valence-corrected chi connectivity index (χ2v) is 6.24. The van der Waals surface area contributed by atoms with E-state index in [1.54, 1.807) is 13.0 Å². The highest BCUT2D eigenvalue weighted by molar-refractivity contribution is 5.95. The van der Waals surface area contributed by atoms with Gasteiger partial charge in [-0.1, -0.05) is 18.2 Å². The van der Waals surface area contributed by atoms with Gasteiger partial charge < -0.3 is 19.7 Å².